The van der Waals surface area contributed by atoms with E-state index < -0.39 is 5.82 Å². The van der Waals surface area contributed by atoms with Crippen molar-refractivity contribution in [3.8, 4) is 5.75 Å². The van der Waals surface area contributed by atoms with E-state index in [9.17, 15) is 4.39 Å². The molecule has 20 heavy (non-hydrogen) atoms. The summed E-state index contributed by atoms with van der Waals surface area (Å²) in [6.07, 6.45) is 2.21. The predicted molar refractivity (Wildman–Crippen MR) is 77.7 cm³/mol. The molecule has 1 aromatic rings. The number of nitrogens with zero attached hydrogens (tertiary/aromatic N) is 1. The van der Waals surface area contributed by atoms with Crippen molar-refractivity contribution in [2.45, 2.75) is 39.0 Å². The van der Waals surface area contributed by atoms with Gasteiger partial charge in [-0.25, -0.2) is 4.39 Å². The van der Waals surface area contributed by atoms with Crippen LogP contribution in [0, 0.1) is 5.82 Å². The van der Waals surface area contributed by atoms with Gasteiger partial charge in [-0.2, -0.15) is 0 Å². The van der Waals surface area contributed by atoms with Gasteiger partial charge in [0.2, 0.25) is 0 Å². The molecule has 5 heteroatoms. The van der Waals surface area contributed by atoms with E-state index in [0.717, 1.165) is 25.9 Å². The van der Waals surface area contributed by atoms with Gasteiger partial charge in [0.1, 0.15) is 16.6 Å². The molecule has 1 atom stereocenters. The largest absolute Gasteiger partial charge is 0.471 e. The first kappa shape index (κ1) is 15.5. The predicted octanol–water partition coefficient (Wildman–Crippen LogP) is 3.70. The molecule has 0 bridgehead atoms. The van der Waals surface area contributed by atoms with E-state index in [4.69, 9.17) is 21.1 Å². The van der Waals surface area contributed by atoms with Crippen molar-refractivity contribution in [3.63, 3.8) is 0 Å². The minimum atomic E-state index is -0.464. The van der Waals surface area contributed by atoms with Gasteiger partial charge < -0.3 is 9.47 Å². The van der Waals surface area contributed by atoms with Crippen LogP contribution in [0.5, 0.6) is 5.75 Å². The van der Waals surface area contributed by atoms with Crippen molar-refractivity contribution in [2.75, 3.05) is 19.7 Å². The lowest BCUT2D eigenvalue weighted by molar-refractivity contribution is -0.0499. The molecule has 1 saturated heterocycles. The van der Waals surface area contributed by atoms with Crippen LogP contribution >= 0.6 is 11.6 Å². The van der Waals surface area contributed by atoms with Crippen LogP contribution in [-0.2, 0) is 4.74 Å². The van der Waals surface area contributed by atoms with Crippen molar-refractivity contribution >= 4 is 11.6 Å². The van der Waals surface area contributed by atoms with Gasteiger partial charge in [-0.3, -0.25) is 4.90 Å². The van der Waals surface area contributed by atoms with E-state index in [-0.39, 0.29) is 17.4 Å². The summed E-state index contributed by atoms with van der Waals surface area (Å²) in [4.78, 5) is 2.21. The highest BCUT2D eigenvalue weighted by Gasteiger charge is 2.25. The van der Waals surface area contributed by atoms with Crippen LogP contribution in [-0.4, -0.2) is 36.9 Å². The van der Waals surface area contributed by atoms with Crippen molar-refractivity contribution < 1.29 is 13.9 Å². The third-order valence-corrected chi connectivity index (χ3v) is 3.67. The smallest absolute Gasteiger partial charge is 0.176 e. The Bertz CT molecular complexity index is 436. The summed E-state index contributed by atoms with van der Waals surface area (Å²) >= 11 is 5.95. The molecule has 0 N–H and O–H groups in total. The number of hydrogen-bond donors (Lipinski definition) is 0. The molecular weight excluding hydrogens is 281 g/mol. The number of rotatable bonds is 6. The lowest BCUT2D eigenvalue weighted by Gasteiger charge is -2.29. The standard InChI is InChI=1S/C15H21ClFNO2/c1-11(2)19-10-14(18-8-3-4-9-18)20-13-7-5-6-12(17)15(13)16/h5-7,11,14H,3-4,8-10H2,1-2H3. The second-order valence-corrected chi connectivity index (χ2v) is 5.63. The highest BCUT2D eigenvalue weighted by atomic mass is 35.5. The SMILES string of the molecule is CC(C)OCC(Oc1cccc(F)c1Cl)N1CCCC1. The lowest BCUT2D eigenvalue weighted by Crippen LogP contribution is -2.41. The Morgan fingerprint density at radius 2 is 2.00 bits per heavy atom. The number of halogens is 2. The van der Waals surface area contributed by atoms with Crippen LogP contribution < -0.4 is 4.74 Å². The summed E-state index contributed by atoms with van der Waals surface area (Å²) < 4.78 is 25.0. The Morgan fingerprint density at radius 1 is 1.30 bits per heavy atom. The molecule has 0 radical (unpaired) electrons. The highest BCUT2D eigenvalue weighted by Crippen LogP contribution is 2.29. The molecule has 0 spiro atoms. The van der Waals surface area contributed by atoms with Crippen molar-refractivity contribution in [1.82, 2.24) is 4.90 Å². The summed E-state index contributed by atoms with van der Waals surface area (Å²) in [6, 6.07) is 4.61. The maximum absolute atomic E-state index is 13.5. The monoisotopic (exact) mass is 301 g/mol. The summed E-state index contributed by atoms with van der Waals surface area (Å²) in [6.45, 7) is 6.36. The molecule has 1 aliphatic heterocycles. The van der Waals surface area contributed by atoms with E-state index in [1.165, 1.54) is 6.07 Å². The van der Waals surface area contributed by atoms with E-state index in [1.807, 2.05) is 13.8 Å². The Balaban J connectivity index is 2.07. The quantitative estimate of drug-likeness (QED) is 0.799. The first-order valence-corrected chi connectivity index (χ1v) is 7.42. The molecule has 0 aliphatic carbocycles. The number of likely N-dealkylation sites (tertiary alicyclic amines) is 1. The Hall–Kier alpha value is -0.840. The number of benzene rings is 1. The molecule has 0 aromatic heterocycles. The molecule has 1 fully saturated rings. The van der Waals surface area contributed by atoms with Gasteiger partial charge in [0.05, 0.1) is 12.7 Å². The zero-order chi connectivity index (χ0) is 14.5. The van der Waals surface area contributed by atoms with Crippen LogP contribution in [0.15, 0.2) is 18.2 Å². The molecule has 1 heterocycles. The first-order valence-electron chi connectivity index (χ1n) is 7.04. The van der Waals surface area contributed by atoms with Gasteiger partial charge in [-0.1, -0.05) is 17.7 Å². The average molecular weight is 302 g/mol. The molecule has 0 amide bonds. The van der Waals surface area contributed by atoms with Crippen LogP contribution in [0.4, 0.5) is 4.39 Å². The molecule has 0 saturated carbocycles. The molecule has 3 nitrogen and oxygen atoms in total. The van der Waals surface area contributed by atoms with Crippen LogP contribution in [0.3, 0.4) is 0 Å². The molecule has 1 aromatic carbocycles. The Kier molecular flexibility index (Phi) is 5.64. The summed E-state index contributed by atoms with van der Waals surface area (Å²) in [5.74, 6) is -0.0926. The van der Waals surface area contributed by atoms with E-state index >= 15 is 0 Å². The van der Waals surface area contributed by atoms with E-state index in [0.29, 0.717) is 12.4 Å². The Labute approximate surface area is 124 Å². The zero-order valence-corrected chi connectivity index (χ0v) is 12.7. The van der Waals surface area contributed by atoms with Crippen molar-refractivity contribution in [1.29, 1.82) is 0 Å². The van der Waals surface area contributed by atoms with E-state index in [2.05, 4.69) is 4.90 Å². The van der Waals surface area contributed by atoms with Crippen molar-refractivity contribution in [2.24, 2.45) is 0 Å². The number of hydrogen-bond acceptors (Lipinski definition) is 3. The van der Waals surface area contributed by atoms with Gasteiger partial charge in [0.25, 0.3) is 0 Å². The lowest BCUT2D eigenvalue weighted by atomic mass is 10.3. The maximum atomic E-state index is 13.5. The average Bonchev–Trinajstić information content (AvgIpc) is 2.93. The third-order valence-electron chi connectivity index (χ3n) is 3.30. The zero-order valence-electron chi connectivity index (χ0n) is 11.9. The van der Waals surface area contributed by atoms with E-state index in [1.54, 1.807) is 12.1 Å². The minimum Gasteiger partial charge on any atom is -0.471 e. The third kappa shape index (κ3) is 4.08. The minimum absolute atomic E-state index is 0.0289. The number of ether oxygens (including phenoxy) is 2. The van der Waals surface area contributed by atoms with Gasteiger partial charge >= 0.3 is 0 Å². The van der Waals surface area contributed by atoms with Gasteiger partial charge in [0, 0.05) is 13.1 Å². The van der Waals surface area contributed by atoms with Crippen LogP contribution in [0.2, 0.25) is 5.02 Å². The van der Waals surface area contributed by atoms with Gasteiger partial charge in [-0.05, 0) is 38.8 Å². The Morgan fingerprint density at radius 3 is 2.65 bits per heavy atom. The second-order valence-electron chi connectivity index (χ2n) is 5.25. The fourth-order valence-corrected chi connectivity index (χ4v) is 2.41. The van der Waals surface area contributed by atoms with Gasteiger partial charge in [0.15, 0.2) is 6.23 Å². The summed E-state index contributed by atoms with van der Waals surface area (Å²) in [5.41, 5.74) is 0. The van der Waals surface area contributed by atoms with Gasteiger partial charge in [-0.15, -0.1) is 0 Å². The maximum Gasteiger partial charge on any atom is 0.176 e. The van der Waals surface area contributed by atoms with Crippen molar-refractivity contribution in [3.05, 3.63) is 29.0 Å². The second kappa shape index (κ2) is 7.25. The molecule has 2 rings (SSSR count). The molecular formula is C15H21ClFNO2. The topological polar surface area (TPSA) is 21.7 Å². The normalized spacial score (nSPS) is 17.6. The molecule has 1 unspecified atom stereocenters. The summed E-state index contributed by atoms with van der Waals surface area (Å²) in [7, 11) is 0. The summed E-state index contributed by atoms with van der Waals surface area (Å²) in [5, 5.41) is 0.0289. The highest BCUT2D eigenvalue weighted by molar-refractivity contribution is 6.32. The fourth-order valence-electron chi connectivity index (χ4n) is 2.24. The van der Waals surface area contributed by atoms with Crippen LogP contribution in [0.1, 0.15) is 26.7 Å². The first-order chi connectivity index (χ1) is 9.58. The van der Waals surface area contributed by atoms with Crippen LogP contribution in [0.25, 0.3) is 0 Å². The fraction of sp³-hybridized carbons (Fsp3) is 0.600. The molecule has 1 aliphatic rings. The molecule has 112 valence electrons.